The van der Waals surface area contributed by atoms with Gasteiger partial charge in [0, 0.05) is 25.5 Å². The van der Waals surface area contributed by atoms with E-state index in [0.29, 0.717) is 19.0 Å². The second-order valence-corrected chi connectivity index (χ2v) is 6.84. The Hall–Kier alpha value is -1.58. The molecule has 0 saturated heterocycles. The van der Waals surface area contributed by atoms with Gasteiger partial charge in [-0.3, -0.25) is 0 Å². The van der Waals surface area contributed by atoms with Crippen molar-refractivity contribution in [2.45, 2.75) is 24.0 Å². The molecule has 0 aliphatic carbocycles. The smallest absolute Gasteiger partial charge is 0.337 e. The Morgan fingerprint density at radius 2 is 2.04 bits per heavy atom. The van der Waals surface area contributed by atoms with Gasteiger partial charge in [0.1, 0.15) is 4.90 Å². The number of rotatable bonds is 6. The van der Waals surface area contributed by atoms with Crippen molar-refractivity contribution >= 4 is 21.6 Å². The highest BCUT2D eigenvalue weighted by Crippen LogP contribution is 2.33. The number of imidazole rings is 1. The number of nitrogens with zero attached hydrogens (tertiary/aromatic N) is 2. The highest BCUT2D eigenvalue weighted by molar-refractivity contribution is 7.89. The first-order valence-electron chi connectivity index (χ1n) is 6.52. The Bertz CT molecular complexity index is 761. The van der Waals surface area contributed by atoms with Crippen LogP contribution in [0.15, 0.2) is 41.8 Å². The number of hydrogen-bond donors (Lipinski definition) is 1. The van der Waals surface area contributed by atoms with Gasteiger partial charge in [0.2, 0.25) is 10.0 Å². The van der Waals surface area contributed by atoms with Crippen molar-refractivity contribution in [1.29, 1.82) is 0 Å². The van der Waals surface area contributed by atoms with E-state index in [-0.39, 0.29) is 11.6 Å². The lowest BCUT2D eigenvalue weighted by Gasteiger charge is -2.12. The van der Waals surface area contributed by atoms with Crippen molar-refractivity contribution in [3.63, 3.8) is 0 Å². The predicted molar refractivity (Wildman–Crippen MR) is 78.5 cm³/mol. The zero-order valence-corrected chi connectivity index (χ0v) is 13.3. The van der Waals surface area contributed by atoms with Crippen LogP contribution in [-0.2, 0) is 22.7 Å². The van der Waals surface area contributed by atoms with Gasteiger partial charge in [-0.2, -0.15) is 13.2 Å². The third-order valence-corrected chi connectivity index (χ3v) is 4.94. The van der Waals surface area contributed by atoms with Crippen LogP contribution in [0.1, 0.15) is 12.0 Å². The molecule has 0 bridgehead atoms. The summed E-state index contributed by atoms with van der Waals surface area (Å²) >= 11 is 5.73. The normalized spacial score (nSPS) is 12.5. The Morgan fingerprint density at radius 3 is 2.65 bits per heavy atom. The van der Waals surface area contributed by atoms with Gasteiger partial charge in [-0.15, -0.1) is 0 Å². The summed E-state index contributed by atoms with van der Waals surface area (Å²) in [6.07, 6.45) is 0.700. The van der Waals surface area contributed by atoms with Crippen LogP contribution in [0.25, 0.3) is 0 Å². The van der Waals surface area contributed by atoms with Gasteiger partial charge in [-0.1, -0.05) is 11.6 Å². The molecule has 0 aliphatic heterocycles. The molecule has 2 aromatic rings. The number of aryl methyl sites for hydroxylation is 1. The molecular formula is C13H13ClF3N3O2S. The van der Waals surface area contributed by atoms with Crippen molar-refractivity contribution in [3.05, 3.63) is 47.5 Å². The van der Waals surface area contributed by atoms with Crippen LogP contribution in [0.5, 0.6) is 0 Å². The molecular weight excluding hydrogens is 355 g/mol. The fourth-order valence-electron chi connectivity index (χ4n) is 1.85. The molecule has 10 heteroatoms. The molecule has 0 radical (unpaired) electrons. The second kappa shape index (κ2) is 6.90. The van der Waals surface area contributed by atoms with Gasteiger partial charge in [0.15, 0.2) is 0 Å². The molecule has 0 atom stereocenters. The maximum Gasteiger partial charge on any atom is 0.416 e. The Kier molecular flexibility index (Phi) is 5.33. The van der Waals surface area contributed by atoms with E-state index in [1.807, 2.05) is 0 Å². The summed E-state index contributed by atoms with van der Waals surface area (Å²) in [4.78, 5) is 3.26. The summed E-state index contributed by atoms with van der Waals surface area (Å²) in [6, 6.07) is 2.19. The third kappa shape index (κ3) is 4.69. The second-order valence-electron chi connectivity index (χ2n) is 4.69. The SMILES string of the molecule is O=S(=O)(NCCCn1ccnc1)c1cc(C(F)(F)F)ccc1Cl. The van der Waals surface area contributed by atoms with Crippen LogP contribution in [0.4, 0.5) is 13.2 Å². The van der Waals surface area contributed by atoms with E-state index >= 15 is 0 Å². The first-order valence-corrected chi connectivity index (χ1v) is 8.38. The van der Waals surface area contributed by atoms with Crippen LogP contribution < -0.4 is 4.72 Å². The lowest BCUT2D eigenvalue weighted by Crippen LogP contribution is -2.26. The molecule has 126 valence electrons. The Labute approximate surface area is 136 Å². The number of halogens is 4. The molecule has 1 aromatic heterocycles. The lowest BCUT2D eigenvalue weighted by atomic mass is 10.2. The van der Waals surface area contributed by atoms with Crippen molar-refractivity contribution < 1.29 is 21.6 Å². The number of alkyl halides is 3. The van der Waals surface area contributed by atoms with E-state index in [2.05, 4.69) is 9.71 Å². The first kappa shape index (κ1) is 17.8. The molecule has 0 spiro atoms. The maximum absolute atomic E-state index is 12.7. The average molecular weight is 368 g/mol. The summed E-state index contributed by atoms with van der Waals surface area (Å²) in [5.74, 6) is 0. The molecule has 1 aromatic carbocycles. The van der Waals surface area contributed by atoms with Crippen LogP contribution in [0, 0.1) is 0 Å². The number of aromatic nitrogens is 2. The van der Waals surface area contributed by atoms with Gasteiger partial charge in [-0.05, 0) is 24.6 Å². The van der Waals surface area contributed by atoms with Crippen LogP contribution in [0.3, 0.4) is 0 Å². The highest BCUT2D eigenvalue weighted by Gasteiger charge is 2.32. The zero-order chi connectivity index (χ0) is 17.1. The van der Waals surface area contributed by atoms with Crippen LogP contribution in [0.2, 0.25) is 5.02 Å². The molecule has 1 N–H and O–H groups in total. The Morgan fingerprint density at radius 1 is 1.30 bits per heavy atom. The van der Waals surface area contributed by atoms with E-state index in [1.54, 1.807) is 23.3 Å². The zero-order valence-electron chi connectivity index (χ0n) is 11.7. The molecule has 0 aliphatic rings. The van der Waals surface area contributed by atoms with Crippen molar-refractivity contribution in [1.82, 2.24) is 14.3 Å². The van der Waals surface area contributed by atoms with Crippen LogP contribution >= 0.6 is 11.6 Å². The molecule has 0 fully saturated rings. The third-order valence-electron chi connectivity index (χ3n) is 2.99. The van der Waals surface area contributed by atoms with Gasteiger partial charge < -0.3 is 4.57 Å². The standard InChI is InChI=1S/C13H13ClF3N3O2S/c14-11-3-2-10(13(15,16)17)8-12(11)23(21,22)19-4-1-6-20-7-5-18-9-20/h2-3,5,7-9,19H,1,4,6H2. The van der Waals surface area contributed by atoms with Gasteiger partial charge in [0.05, 0.1) is 16.9 Å². The topological polar surface area (TPSA) is 64.0 Å². The summed E-state index contributed by atoms with van der Waals surface area (Å²) in [5, 5.41) is -0.264. The lowest BCUT2D eigenvalue weighted by molar-refractivity contribution is -0.137. The molecule has 0 amide bonds. The average Bonchev–Trinajstić information content (AvgIpc) is 2.96. The number of hydrogen-bond acceptors (Lipinski definition) is 3. The van der Waals surface area contributed by atoms with Gasteiger partial charge in [-0.25, -0.2) is 18.1 Å². The Balaban J connectivity index is 2.06. The van der Waals surface area contributed by atoms with E-state index in [9.17, 15) is 21.6 Å². The van der Waals surface area contributed by atoms with Crippen LogP contribution in [-0.4, -0.2) is 24.5 Å². The molecule has 0 saturated carbocycles. The van der Waals surface area contributed by atoms with Crippen molar-refractivity contribution in [2.75, 3.05) is 6.54 Å². The minimum Gasteiger partial charge on any atom is -0.337 e. The maximum atomic E-state index is 12.7. The minimum atomic E-state index is -4.64. The molecule has 1 heterocycles. The van der Waals surface area contributed by atoms with E-state index in [4.69, 9.17) is 11.6 Å². The first-order chi connectivity index (χ1) is 10.7. The fourth-order valence-corrected chi connectivity index (χ4v) is 3.45. The molecule has 2 rings (SSSR count). The van der Waals surface area contributed by atoms with E-state index in [0.717, 1.165) is 12.1 Å². The predicted octanol–water partition coefficient (Wildman–Crippen LogP) is 2.92. The molecule has 23 heavy (non-hydrogen) atoms. The van der Waals surface area contributed by atoms with E-state index < -0.39 is 26.7 Å². The summed E-state index contributed by atoms with van der Waals surface area (Å²) < 4.78 is 66.3. The summed E-state index contributed by atoms with van der Waals surface area (Å²) in [5.41, 5.74) is -1.07. The number of sulfonamides is 1. The molecule has 5 nitrogen and oxygen atoms in total. The fraction of sp³-hybridized carbons (Fsp3) is 0.308. The minimum absolute atomic E-state index is 0.0626. The number of benzene rings is 1. The van der Waals surface area contributed by atoms with E-state index in [1.165, 1.54) is 0 Å². The molecule has 0 unspecified atom stereocenters. The monoisotopic (exact) mass is 367 g/mol. The van der Waals surface area contributed by atoms with Crippen molar-refractivity contribution in [3.8, 4) is 0 Å². The van der Waals surface area contributed by atoms with Gasteiger partial charge in [0.25, 0.3) is 0 Å². The van der Waals surface area contributed by atoms with Crippen molar-refractivity contribution in [2.24, 2.45) is 0 Å². The highest BCUT2D eigenvalue weighted by atomic mass is 35.5. The largest absolute Gasteiger partial charge is 0.416 e. The quantitative estimate of drug-likeness (QED) is 0.798. The number of nitrogens with one attached hydrogen (secondary N) is 1. The summed E-state index contributed by atoms with van der Waals surface area (Å²) in [7, 11) is -4.12. The summed E-state index contributed by atoms with van der Waals surface area (Å²) in [6.45, 7) is 0.589. The van der Waals surface area contributed by atoms with Gasteiger partial charge >= 0.3 is 6.18 Å².